The molecule has 0 saturated heterocycles. The number of anilines is 1. The highest BCUT2D eigenvalue weighted by atomic mass is 79.9. The van der Waals surface area contributed by atoms with Gasteiger partial charge in [-0.2, -0.15) is 0 Å². The van der Waals surface area contributed by atoms with Crippen LogP contribution >= 0.6 is 27.5 Å². The summed E-state index contributed by atoms with van der Waals surface area (Å²) in [6.45, 7) is 1.79. The van der Waals surface area contributed by atoms with Crippen LogP contribution in [0.25, 0.3) is 0 Å². The Kier molecular flexibility index (Phi) is 4.54. The minimum absolute atomic E-state index is 0.0190. The van der Waals surface area contributed by atoms with Crippen molar-refractivity contribution in [1.82, 2.24) is 4.98 Å². The lowest BCUT2D eigenvalue weighted by Gasteiger charge is -2.07. The van der Waals surface area contributed by atoms with Gasteiger partial charge in [0.05, 0.1) is 4.92 Å². The molecular weight excluding hydrogens is 362 g/mol. The molecule has 0 unspecified atom stereocenters. The number of pyridine rings is 1. The molecule has 1 N–H and O–H groups in total. The van der Waals surface area contributed by atoms with Gasteiger partial charge in [-0.15, -0.1) is 0 Å². The largest absolute Gasteiger partial charge is 0.306 e. The van der Waals surface area contributed by atoms with E-state index in [0.717, 1.165) is 16.1 Å². The van der Waals surface area contributed by atoms with E-state index in [4.69, 9.17) is 11.6 Å². The van der Waals surface area contributed by atoms with E-state index in [2.05, 4.69) is 26.2 Å². The van der Waals surface area contributed by atoms with Gasteiger partial charge in [-0.3, -0.25) is 14.9 Å². The summed E-state index contributed by atoms with van der Waals surface area (Å²) in [6.07, 6.45) is 1.55. The van der Waals surface area contributed by atoms with Crippen LogP contribution < -0.4 is 5.32 Å². The fourth-order valence-electron chi connectivity index (χ4n) is 1.64. The van der Waals surface area contributed by atoms with E-state index in [1.807, 2.05) is 0 Å². The molecule has 2 rings (SSSR count). The number of hydrogen-bond donors (Lipinski definition) is 1. The van der Waals surface area contributed by atoms with Crippen molar-refractivity contribution in [3.8, 4) is 0 Å². The van der Waals surface area contributed by atoms with E-state index >= 15 is 0 Å². The molecule has 0 aliphatic heterocycles. The molecule has 0 fully saturated rings. The second-order valence-electron chi connectivity index (χ2n) is 4.20. The second kappa shape index (κ2) is 6.19. The SMILES string of the molecule is Cc1cc(Br)cnc1NC(=O)c1ccc(Cl)c([N+](=O)[O-])c1. The summed E-state index contributed by atoms with van der Waals surface area (Å²) in [7, 11) is 0. The van der Waals surface area contributed by atoms with Crippen LogP contribution in [0.5, 0.6) is 0 Å². The third-order valence-electron chi connectivity index (χ3n) is 2.68. The first-order valence-corrected chi connectivity index (χ1v) is 6.93. The number of amides is 1. The predicted octanol–water partition coefficient (Wildman–Crippen LogP) is 3.97. The van der Waals surface area contributed by atoms with Gasteiger partial charge in [0.1, 0.15) is 10.8 Å². The molecule has 0 radical (unpaired) electrons. The molecule has 108 valence electrons. The zero-order valence-corrected chi connectivity index (χ0v) is 13.1. The van der Waals surface area contributed by atoms with Gasteiger partial charge >= 0.3 is 0 Å². The van der Waals surface area contributed by atoms with Crippen molar-refractivity contribution >= 4 is 44.9 Å². The highest BCUT2D eigenvalue weighted by Crippen LogP contribution is 2.25. The lowest BCUT2D eigenvalue weighted by atomic mass is 10.2. The molecule has 2 aromatic rings. The van der Waals surface area contributed by atoms with Crippen molar-refractivity contribution in [2.45, 2.75) is 6.92 Å². The first-order chi connectivity index (χ1) is 9.88. The Morgan fingerprint density at radius 3 is 2.76 bits per heavy atom. The first kappa shape index (κ1) is 15.4. The zero-order chi connectivity index (χ0) is 15.6. The predicted molar refractivity (Wildman–Crippen MR) is 82.7 cm³/mol. The molecule has 0 saturated carbocycles. The smallest absolute Gasteiger partial charge is 0.288 e. The Balaban J connectivity index is 2.28. The number of hydrogen-bond acceptors (Lipinski definition) is 4. The number of carbonyl (C=O) groups excluding carboxylic acids is 1. The van der Waals surface area contributed by atoms with Crippen LogP contribution in [0.3, 0.4) is 0 Å². The fraction of sp³-hybridized carbons (Fsp3) is 0.0769. The van der Waals surface area contributed by atoms with Crippen LogP contribution in [-0.4, -0.2) is 15.8 Å². The summed E-state index contributed by atoms with van der Waals surface area (Å²) < 4.78 is 0.792. The van der Waals surface area contributed by atoms with Crippen LogP contribution in [0.15, 0.2) is 34.9 Å². The van der Waals surface area contributed by atoms with Crippen molar-refractivity contribution in [2.75, 3.05) is 5.32 Å². The fourth-order valence-corrected chi connectivity index (χ4v) is 2.28. The zero-order valence-electron chi connectivity index (χ0n) is 10.8. The van der Waals surface area contributed by atoms with Crippen LogP contribution in [0.4, 0.5) is 11.5 Å². The Bertz CT molecular complexity index is 737. The average Bonchev–Trinajstić information content (AvgIpc) is 2.42. The minimum atomic E-state index is -0.637. The van der Waals surface area contributed by atoms with E-state index in [1.54, 1.807) is 19.2 Å². The molecule has 21 heavy (non-hydrogen) atoms. The summed E-state index contributed by atoms with van der Waals surface area (Å²) in [6, 6.07) is 5.66. The molecule has 1 heterocycles. The average molecular weight is 371 g/mol. The Hall–Kier alpha value is -1.99. The number of nitrogens with one attached hydrogen (secondary N) is 1. The van der Waals surface area contributed by atoms with Gasteiger partial charge in [0, 0.05) is 22.3 Å². The van der Waals surface area contributed by atoms with Gasteiger partial charge in [0.15, 0.2) is 0 Å². The van der Waals surface area contributed by atoms with Gasteiger partial charge in [0.25, 0.3) is 11.6 Å². The van der Waals surface area contributed by atoms with Crippen LogP contribution in [-0.2, 0) is 0 Å². The number of aromatic nitrogens is 1. The van der Waals surface area contributed by atoms with Gasteiger partial charge < -0.3 is 5.32 Å². The number of carbonyl (C=O) groups is 1. The molecule has 0 aliphatic carbocycles. The summed E-state index contributed by atoms with van der Waals surface area (Å²) in [5, 5.41) is 13.4. The molecule has 8 heteroatoms. The van der Waals surface area contributed by atoms with Gasteiger partial charge in [-0.05, 0) is 46.6 Å². The van der Waals surface area contributed by atoms with Crippen molar-refractivity contribution < 1.29 is 9.72 Å². The summed E-state index contributed by atoms with van der Waals surface area (Å²) in [4.78, 5) is 26.4. The Morgan fingerprint density at radius 2 is 2.14 bits per heavy atom. The van der Waals surface area contributed by atoms with Gasteiger partial charge in [0.2, 0.25) is 0 Å². The summed E-state index contributed by atoms with van der Waals surface area (Å²) in [5.74, 6) is -0.103. The monoisotopic (exact) mass is 369 g/mol. The lowest BCUT2D eigenvalue weighted by molar-refractivity contribution is -0.384. The number of halogens is 2. The third kappa shape index (κ3) is 3.56. The molecule has 0 spiro atoms. The highest BCUT2D eigenvalue weighted by molar-refractivity contribution is 9.10. The van der Waals surface area contributed by atoms with Crippen molar-refractivity contribution in [3.63, 3.8) is 0 Å². The highest BCUT2D eigenvalue weighted by Gasteiger charge is 2.17. The summed E-state index contributed by atoms with van der Waals surface area (Å²) in [5.41, 5.74) is 0.584. The van der Waals surface area contributed by atoms with Crippen molar-refractivity contribution in [2.24, 2.45) is 0 Å². The van der Waals surface area contributed by atoms with Gasteiger partial charge in [-0.1, -0.05) is 11.6 Å². The van der Waals surface area contributed by atoms with E-state index < -0.39 is 10.8 Å². The van der Waals surface area contributed by atoms with Crippen molar-refractivity contribution in [1.29, 1.82) is 0 Å². The lowest BCUT2D eigenvalue weighted by Crippen LogP contribution is -2.14. The molecule has 1 aromatic carbocycles. The maximum absolute atomic E-state index is 12.1. The molecule has 1 amide bonds. The Morgan fingerprint density at radius 1 is 1.43 bits per heavy atom. The molecule has 1 aromatic heterocycles. The Labute approximate surface area is 133 Å². The van der Waals surface area contributed by atoms with Crippen LogP contribution in [0.2, 0.25) is 5.02 Å². The van der Waals surface area contributed by atoms with Gasteiger partial charge in [-0.25, -0.2) is 4.98 Å². The second-order valence-corrected chi connectivity index (χ2v) is 5.52. The molecular formula is C13H9BrClN3O3. The van der Waals surface area contributed by atoms with Crippen LogP contribution in [0.1, 0.15) is 15.9 Å². The minimum Gasteiger partial charge on any atom is -0.306 e. The normalized spacial score (nSPS) is 10.2. The van der Waals surface area contributed by atoms with Crippen LogP contribution in [0, 0.1) is 17.0 Å². The first-order valence-electron chi connectivity index (χ1n) is 5.76. The van der Waals surface area contributed by atoms with E-state index in [9.17, 15) is 14.9 Å². The molecule has 0 atom stereocenters. The van der Waals surface area contributed by atoms with E-state index in [1.165, 1.54) is 12.1 Å². The van der Waals surface area contributed by atoms with Crippen molar-refractivity contribution in [3.05, 3.63) is 61.2 Å². The third-order valence-corrected chi connectivity index (χ3v) is 3.44. The van der Waals surface area contributed by atoms with E-state index in [-0.39, 0.29) is 16.3 Å². The standard InChI is InChI=1S/C13H9BrClN3O3/c1-7-4-9(14)6-16-12(7)17-13(19)8-2-3-10(15)11(5-8)18(20)21/h2-6H,1H3,(H,16,17,19). The number of aryl methyl sites for hydroxylation is 1. The molecule has 0 bridgehead atoms. The number of rotatable bonds is 3. The molecule has 6 nitrogen and oxygen atoms in total. The molecule has 0 aliphatic rings. The maximum Gasteiger partial charge on any atom is 0.288 e. The number of nitrogens with zero attached hydrogens (tertiary/aromatic N) is 2. The number of nitro groups is 1. The quantitative estimate of drug-likeness (QED) is 0.654. The maximum atomic E-state index is 12.1. The topological polar surface area (TPSA) is 85.1 Å². The van der Waals surface area contributed by atoms with E-state index in [0.29, 0.717) is 5.82 Å². The summed E-state index contributed by atoms with van der Waals surface area (Å²) >= 11 is 8.98. The number of nitro benzene ring substituents is 1. The number of benzene rings is 1.